The number of pyridine rings is 1. The molecule has 3 heterocycles. The minimum Gasteiger partial charge on any atom is -0.381 e. The van der Waals surface area contributed by atoms with Crippen LogP contribution in [0.5, 0.6) is 0 Å². The summed E-state index contributed by atoms with van der Waals surface area (Å²) in [6.45, 7) is 7.64. The van der Waals surface area contributed by atoms with Gasteiger partial charge in [-0.15, -0.1) is 10.2 Å². The van der Waals surface area contributed by atoms with E-state index in [1.807, 2.05) is 28.8 Å². The SMILES string of the molecule is CCNC(=NCCCOCC1CCOC1)NCCc1nnc2ccccn12. The molecule has 0 bridgehead atoms. The van der Waals surface area contributed by atoms with Crippen molar-refractivity contribution in [2.24, 2.45) is 10.9 Å². The zero-order valence-electron chi connectivity index (χ0n) is 16.1. The molecule has 1 fully saturated rings. The van der Waals surface area contributed by atoms with E-state index < -0.39 is 0 Å². The Labute approximate surface area is 160 Å². The fourth-order valence-electron chi connectivity index (χ4n) is 3.02. The Morgan fingerprint density at radius 1 is 1.37 bits per heavy atom. The molecule has 8 heteroatoms. The number of rotatable bonds is 10. The van der Waals surface area contributed by atoms with Crippen LogP contribution in [0.2, 0.25) is 0 Å². The quantitative estimate of drug-likeness (QED) is 0.370. The second kappa shape index (κ2) is 10.8. The average Bonchev–Trinajstić information content (AvgIpc) is 3.34. The van der Waals surface area contributed by atoms with Crippen molar-refractivity contribution in [1.82, 2.24) is 25.2 Å². The van der Waals surface area contributed by atoms with E-state index in [-0.39, 0.29) is 0 Å². The first-order chi connectivity index (χ1) is 13.4. The van der Waals surface area contributed by atoms with Crippen LogP contribution in [0.1, 0.15) is 25.6 Å². The zero-order chi connectivity index (χ0) is 18.7. The molecule has 0 aliphatic carbocycles. The maximum Gasteiger partial charge on any atom is 0.191 e. The highest BCUT2D eigenvalue weighted by atomic mass is 16.5. The number of aromatic nitrogens is 3. The maximum absolute atomic E-state index is 5.72. The molecule has 1 aliphatic rings. The lowest BCUT2D eigenvalue weighted by Gasteiger charge is -2.11. The Morgan fingerprint density at radius 3 is 3.19 bits per heavy atom. The number of hydrogen-bond donors (Lipinski definition) is 2. The number of ether oxygens (including phenoxy) is 2. The van der Waals surface area contributed by atoms with Gasteiger partial charge in [0, 0.05) is 51.4 Å². The molecular formula is C19H30N6O2. The van der Waals surface area contributed by atoms with Crippen LogP contribution in [0.25, 0.3) is 5.65 Å². The van der Waals surface area contributed by atoms with E-state index in [2.05, 4.69) is 32.7 Å². The van der Waals surface area contributed by atoms with Gasteiger partial charge in [0.05, 0.1) is 13.2 Å². The maximum atomic E-state index is 5.72. The van der Waals surface area contributed by atoms with Gasteiger partial charge >= 0.3 is 0 Å². The summed E-state index contributed by atoms with van der Waals surface area (Å²) >= 11 is 0. The molecule has 1 aliphatic heterocycles. The van der Waals surface area contributed by atoms with Crippen molar-refractivity contribution in [3.8, 4) is 0 Å². The van der Waals surface area contributed by atoms with Crippen molar-refractivity contribution < 1.29 is 9.47 Å². The normalized spacial score (nSPS) is 17.5. The Balaban J connectivity index is 1.35. The van der Waals surface area contributed by atoms with E-state index in [1.165, 1.54) is 0 Å². The summed E-state index contributed by atoms with van der Waals surface area (Å²) in [7, 11) is 0. The molecule has 0 radical (unpaired) electrons. The van der Waals surface area contributed by atoms with Gasteiger partial charge in [-0.05, 0) is 31.9 Å². The monoisotopic (exact) mass is 374 g/mol. The number of nitrogens with one attached hydrogen (secondary N) is 2. The molecule has 2 aromatic heterocycles. The first kappa shape index (κ1) is 19.6. The number of hydrogen-bond acceptors (Lipinski definition) is 5. The van der Waals surface area contributed by atoms with Gasteiger partial charge < -0.3 is 20.1 Å². The van der Waals surface area contributed by atoms with Crippen molar-refractivity contribution in [2.45, 2.75) is 26.2 Å². The molecule has 148 valence electrons. The highest BCUT2D eigenvalue weighted by molar-refractivity contribution is 5.79. The molecular weight excluding hydrogens is 344 g/mol. The summed E-state index contributed by atoms with van der Waals surface area (Å²) in [5, 5.41) is 15.1. The number of fused-ring (bicyclic) bond motifs is 1. The summed E-state index contributed by atoms with van der Waals surface area (Å²) < 4.78 is 13.1. The molecule has 2 aromatic rings. The number of aliphatic imine (C=N–C) groups is 1. The van der Waals surface area contributed by atoms with Crippen LogP contribution in [-0.2, 0) is 15.9 Å². The Kier molecular flexibility index (Phi) is 7.85. The summed E-state index contributed by atoms with van der Waals surface area (Å²) in [4.78, 5) is 4.61. The average molecular weight is 374 g/mol. The lowest BCUT2D eigenvalue weighted by atomic mass is 10.1. The molecule has 1 atom stereocenters. The van der Waals surface area contributed by atoms with Crippen LogP contribution in [0.4, 0.5) is 0 Å². The van der Waals surface area contributed by atoms with Crippen LogP contribution < -0.4 is 10.6 Å². The molecule has 0 aromatic carbocycles. The van der Waals surface area contributed by atoms with E-state index in [9.17, 15) is 0 Å². The second-order valence-corrected chi connectivity index (χ2v) is 6.64. The van der Waals surface area contributed by atoms with E-state index in [4.69, 9.17) is 9.47 Å². The lowest BCUT2D eigenvalue weighted by molar-refractivity contribution is 0.0893. The van der Waals surface area contributed by atoms with Crippen molar-refractivity contribution in [2.75, 3.05) is 46.1 Å². The Hall–Kier alpha value is -2.19. The van der Waals surface area contributed by atoms with Gasteiger partial charge in [-0.1, -0.05) is 6.07 Å². The van der Waals surface area contributed by atoms with Crippen LogP contribution in [0.15, 0.2) is 29.4 Å². The first-order valence-corrected chi connectivity index (χ1v) is 9.83. The number of guanidine groups is 1. The van der Waals surface area contributed by atoms with Gasteiger partial charge in [-0.3, -0.25) is 9.39 Å². The summed E-state index contributed by atoms with van der Waals surface area (Å²) in [5.74, 6) is 2.34. The van der Waals surface area contributed by atoms with Gasteiger partial charge in [0.1, 0.15) is 5.82 Å². The molecule has 0 saturated carbocycles. The molecule has 1 unspecified atom stereocenters. The third-order valence-corrected chi connectivity index (χ3v) is 4.46. The zero-order valence-corrected chi connectivity index (χ0v) is 16.1. The molecule has 0 spiro atoms. The highest BCUT2D eigenvalue weighted by Crippen LogP contribution is 2.12. The van der Waals surface area contributed by atoms with Crippen molar-refractivity contribution >= 4 is 11.6 Å². The third-order valence-electron chi connectivity index (χ3n) is 4.46. The molecule has 8 nitrogen and oxygen atoms in total. The standard InChI is InChI=1S/C19H30N6O2/c1-2-20-19(21-9-5-12-26-14-16-8-13-27-15-16)22-10-7-18-24-23-17-6-3-4-11-25(17)18/h3-4,6,11,16H,2,5,7-10,12-15H2,1H3,(H2,20,21,22). The molecule has 27 heavy (non-hydrogen) atoms. The minimum absolute atomic E-state index is 0.570. The van der Waals surface area contributed by atoms with Gasteiger partial charge in [0.2, 0.25) is 0 Å². The fourth-order valence-corrected chi connectivity index (χ4v) is 3.02. The van der Waals surface area contributed by atoms with Crippen molar-refractivity contribution in [1.29, 1.82) is 0 Å². The molecule has 3 rings (SSSR count). The van der Waals surface area contributed by atoms with Crippen LogP contribution in [-0.4, -0.2) is 66.6 Å². The predicted molar refractivity (Wildman–Crippen MR) is 105 cm³/mol. The van der Waals surface area contributed by atoms with E-state index in [0.29, 0.717) is 5.92 Å². The number of nitrogens with zero attached hydrogens (tertiary/aromatic N) is 4. The minimum atomic E-state index is 0.570. The Bertz CT molecular complexity index is 711. The van der Waals surface area contributed by atoms with Gasteiger partial charge in [0.15, 0.2) is 11.6 Å². The van der Waals surface area contributed by atoms with Crippen LogP contribution in [0, 0.1) is 5.92 Å². The summed E-state index contributed by atoms with van der Waals surface area (Å²) in [6.07, 6.45) is 4.80. The van der Waals surface area contributed by atoms with Crippen LogP contribution >= 0.6 is 0 Å². The summed E-state index contributed by atoms with van der Waals surface area (Å²) in [6, 6.07) is 5.91. The third kappa shape index (κ3) is 6.18. The van der Waals surface area contributed by atoms with Crippen molar-refractivity contribution in [3.05, 3.63) is 30.2 Å². The van der Waals surface area contributed by atoms with E-state index >= 15 is 0 Å². The molecule has 1 saturated heterocycles. The topological polar surface area (TPSA) is 85.1 Å². The van der Waals surface area contributed by atoms with Crippen molar-refractivity contribution in [3.63, 3.8) is 0 Å². The van der Waals surface area contributed by atoms with Gasteiger partial charge in [-0.2, -0.15) is 0 Å². The second-order valence-electron chi connectivity index (χ2n) is 6.64. The fraction of sp³-hybridized carbons (Fsp3) is 0.632. The Morgan fingerprint density at radius 2 is 2.33 bits per heavy atom. The van der Waals surface area contributed by atoms with Gasteiger partial charge in [-0.25, -0.2) is 0 Å². The van der Waals surface area contributed by atoms with Crippen LogP contribution in [0.3, 0.4) is 0 Å². The highest BCUT2D eigenvalue weighted by Gasteiger charge is 2.15. The molecule has 2 N–H and O–H groups in total. The lowest BCUT2D eigenvalue weighted by Crippen LogP contribution is -2.38. The van der Waals surface area contributed by atoms with E-state index in [1.54, 1.807) is 0 Å². The largest absolute Gasteiger partial charge is 0.381 e. The first-order valence-electron chi connectivity index (χ1n) is 9.83. The predicted octanol–water partition coefficient (Wildman–Crippen LogP) is 1.27. The van der Waals surface area contributed by atoms with E-state index in [0.717, 1.165) is 82.8 Å². The smallest absolute Gasteiger partial charge is 0.191 e. The molecule has 0 amide bonds. The van der Waals surface area contributed by atoms with Gasteiger partial charge in [0.25, 0.3) is 0 Å². The summed E-state index contributed by atoms with van der Waals surface area (Å²) in [5.41, 5.74) is 0.872.